The van der Waals surface area contributed by atoms with Crippen LogP contribution in [-0.4, -0.2) is 22.1 Å². The van der Waals surface area contributed by atoms with Gasteiger partial charge in [-0.25, -0.2) is 4.68 Å². The van der Waals surface area contributed by atoms with Crippen LogP contribution in [0.15, 0.2) is 36.5 Å². The molecule has 0 saturated carbocycles. The quantitative estimate of drug-likeness (QED) is 0.663. The lowest BCUT2D eigenvalue weighted by Gasteiger charge is -2.51. The molecule has 136 valence electrons. The molecule has 0 unspecified atom stereocenters. The second-order valence-corrected chi connectivity index (χ2v) is 6.94. The third-order valence-electron chi connectivity index (χ3n) is 5.14. The Hall–Kier alpha value is -1.99. The standard InChI is InChI=1S/C17H16F6N2/c1-14(2)11-5-3-4-6-12(11)25-13(7-8-24-25)15(14,9-16(18,19)20)10-17(21,22)23/h3-8H,9-10H2,1-2H3. The number of rotatable bonds is 2. The Morgan fingerprint density at radius 3 is 2.04 bits per heavy atom. The summed E-state index contributed by atoms with van der Waals surface area (Å²) in [7, 11) is 0. The van der Waals surface area contributed by atoms with Gasteiger partial charge in [-0.1, -0.05) is 32.0 Å². The fraction of sp³-hybridized carbons (Fsp3) is 0.471. The largest absolute Gasteiger partial charge is 0.390 e. The highest BCUT2D eigenvalue weighted by Crippen LogP contribution is 2.58. The molecule has 0 saturated heterocycles. The number of nitrogens with zero attached hydrogens (tertiary/aromatic N) is 2. The molecule has 2 nitrogen and oxygen atoms in total. The normalized spacial score (nSPS) is 18.6. The molecule has 1 aromatic carbocycles. The highest BCUT2D eigenvalue weighted by molar-refractivity contribution is 5.54. The second kappa shape index (κ2) is 5.25. The molecule has 25 heavy (non-hydrogen) atoms. The van der Waals surface area contributed by atoms with Crippen molar-refractivity contribution in [3.63, 3.8) is 0 Å². The Labute approximate surface area is 140 Å². The van der Waals surface area contributed by atoms with Gasteiger partial charge in [-0.2, -0.15) is 31.4 Å². The number of fused-ring (bicyclic) bond motifs is 3. The van der Waals surface area contributed by atoms with Crippen molar-refractivity contribution >= 4 is 0 Å². The number of alkyl halides is 6. The zero-order valence-electron chi connectivity index (χ0n) is 13.5. The van der Waals surface area contributed by atoms with E-state index in [2.05, 4.69) is 5.10 Å². The van der Waals surface area contributed by atoms with E-state index in [0.717, 1.165) is 0 Å². The monoisotopic (exact) mass is 362 g/mol. The first-order chi connectivity index (χ1) is 11.4. The molecule has 0 aliphatic carbocycles. The maximum atomic E-state index is 13.4. The average molecular weight is 362 g/mol. The highest BCUT2D eigenvalue weighted by Gasteiger charge is 2.61. The van der Waals surface area contributed by atoms with Gasteiger partial charge in [0.15, 0.2) is 0 Å². The van der Waals surface area contributed by atoms with Gasteiger partial charge in [0.25, 0.3) is 0 Å². The van der Waals surface area contributed by atoms with E-state index in [1.165, 1.54) is 30.8 Å². The maximum Gasteiger partial charge on any atom is 0.390 e. The first-order valence-electron chi connectivity index (χ1n) is 7.65. The predicted molar refractivity (Wildman–Crippen MR) is 79.6 cm³/mol. The SMILES string of the molecule is CC1(C)c2ccccc2-n2nccc2C1(CC(F)(F)F)CC(F)(F)F. The first kappa shape index (κ1) is 17.8. The molecule has 1 aliphatic heterocycles. The molecule has 8 heteroatoms. The summed E-state index contributed by atoms with van der Waals surface area (Å²) < 4.78 is 81.5. The van der Waals surface area contributed by atoms with Gasteiger partial charge in [0, 0.05) is 17.0 Å². The van der Waals surface area contributed by atoms with Crippen LogP contribution < -0.4 is 0 Å². The van der Waals surface area contributed by atoms with Crippen molar-refractivity contribution in [1.29, 1.82) is 0 Å². The number of para-hydroxylation sites is 1. The van der Waals surface area contributed by atoms with Crippen molar-refractivity contribution in [1.82, 2.24) is 9.78 Å². The molecule has 2 heterocycles. The van der Waals surface area contributed by atoms with Crippen molar-refractivity contribution in [2.45, 2.75) is 49.9 Å². The van der Waals surface area contributed by atoms with Gasteiger partial charge in [-0.15, -0.1) is 0 Å². The minimum absolute atomic E-state index is 0.0640. The fourth-order valence-corrected chi connectivity index (χ4v) is 3.99. The molecular weight excluding hydrogens is 346 g/mol. The Kier molecular flexibility index (Phi) is 3.74. The van der Waals surface area contributed by atoms with Gasteiger partial charge in [0.05, 0.1) is 24.2 Å². The van der Waals surface area contributed by atoms with Gasteiger partial charge in [0.1, 0.15) is 0 Å². The minimum atomic E-state index is -4.76. The topological polar surface area (TPSA) is 17.8 Å². The van der Waals surface area contributed by atoms with Gasteiger partial charge in [-0.05, 0) is 17.7 Å². The average Bonchev–Trinajstić information content (AvgIpc) is 2.92. The zero-order valence-corrected chi connectivity index (χ0v) is 13.5. The van der Waals surface area contributed by atoms with Crippen molar-refractivity contribution in [2.75, 3.05) is 0 Å². The summed E-state index contributed by atoms with van der Waals surface area (Å²) in [5.41, 5.74) is -2.74. The van der Waals surface area contributed by atoms with E-state index in [0.29, 0.717) is 11.3 Å². The summed E-state index contributed by atoms with van der Waals surface area (Å²) in [5.74, 6) is 0. The van der Waals surface area contributed by atoms with Crippen LogP contribution in [0.5, 0.6) is 0 Å². The lowest BCUT2D eigenvalue weighted by Crippen LogP contribution is -2.54. The van der Waals surface area contributed by atoms with E-state index < -0.39 is 36.0 Å². The molecule has 0 N–H and O–H groups in total. The van der Waals surface area contributed by atoms with Crippen molar-refractivity contribution in [3.8, 4) is 5.69 Å². The Morgan fingerprint density at radius 1 is 0.920 bits per heavy atom. The van der Waals surface area contributed by atoms with Crippen LogP contribution >= 0.6 is 0 Å². The first-order valence-corrected chi connectivity index (χ1v) is 7.65. The van der Waals surface area contributed by atoms with Crippen molar-refractivity contribution in [2.24, 2.45) is 0 Å². The molecule has 0 radical (unpaired) electrons. The molecule has 0 amide bonds. The Balaban J connectivity index is 2.34. The number of hydrogen-bond acceptors (Lipinski definition) is 1. The zero-order chi connectivity index (χ0) is 18.7. The lowest BCUT2D eigenvalue weighted by atomic mass is 9.55. The third kappa shape index (κ3) is 2.81. The molecule has 1 aromatic heterocycles. The van der Waals surface area contributed by atoms with Crippen molar-refractivity contribution in [3.05, 3.63) is 47.8 Å². The van der Waals surface area contributed by atoms with E-state index in [1.807, 2.05) is 0 Å². The molecule has 2 aromatic rings. The van der Waals surface area contributed by atoms with Crippen LogP contribution in [0.3, 0.4) is 0 Å². The molecule has 1 aliphatic rings. The second-order valence-electron chi connectivity index (χ2n) is 6.94. The number of hydrogen-bond donors (Lipinski definition) is 0. The smallest absolute Gasteiger partial charge is 0.237 e. The number of halogens is 6. The Bertz CT molecular complexity index is 769. The van der Waals surface area contributed by atoms with Gasteiger partial charge < -0.3 is 0 Å². The molecular formula is C17H16F6N2. The molecule has 0 bridgehead atoms. The van der Waals surface area contributed by atoms with Crippen LogP contribution in [0.4, 0.5) is 26.3 Å². The molecule has 3 rings (SSSR count). The summed E-state index contributed by atoms with van der Waals surface area (Å²) in [6.45, 7) is 2.89. The molecule has 0 atom stereocenters. The predicted octanol–water partition coefficient (Wildman–Crippen LogP) is 5.31. The molecule has 0 fully saturated rings. The van der Waals surface area contributed by atoms with E-state index in [-0.39, 0.29) is 5.69 Å². The fourth-order valence-electron chi connectivity index (χ4n) is 3.99. The van der Waals surface area contributed by atoms with Crippen LogP contribution in [0.2, 0.25) is 0 Å². The summed E-state index contributed by atoms with van der Waals surface area (Å²) in [4.78, 5) is 0. The van der Waals surface area contributed by atoms with Gasteiger partial charge in [0.2, 0.25) is 0 Å². The van der Waals surface area contributed by atoms with E-state index >= 15 is 0 Å². The van der Waals surface area contributed by atoms with E-state index in [4.69, 9.17) is 0 Å². The van der Waals surface area contributed by atoms with Crippen LogP contribution in [0.1, 0.15) is 37.9 Å². The highest BCUT2D eigenvalue weighted by atomic mass is 19.4. The Morgan fingerprint density at radius 2 is 1.48 bits per heavy atom. The summed E-state index contributed by atoms with van der Waals surface area (Å²) in [6, 6.07) is 7.78. The molecule has 0 spiro atoms. The maximum absolute atomic E-state index is 13.4. The van der Waals surface area contributed by atoms with Crippen LogP contribution in [-0.2, 0) is 10.8 Å². The van der Waals surface area contributed by atoms with E-state index in [9.17, 15) is 26.3 Å². The minimum Gasteiger partial charge on any atom is -0.237 e. The van der Waals surface area contributed by atoms with Crippen LogP contribution in [0.25, 0.3) is 5.69 Å². The van der Waals surface area contributed by atoms with E-state index in [1.54, 1.807) is 24.3 Å². The lowest BCUT2D eigenvalue weighted by molar-refractivity contribution is -0.190. The van der Waals surface area contributed by atoms with Crippen molar-refractivity contribution < 1.29 is 26.3 Å². The summed E-state index contributed by atoms with van der Waals surface area (Å²) in [5, 5.41) is 4.00. The van der Waals surface area contributed by atoms with Gasteiger partial charge >= 0.3 is 12.4 Å². The summed E-state index contributed by atoms with van der Waals surface area (Å²) >= 11 is 0. The van der Waals surface area contributed by atoms with Gasteiger partial charge in [-0.3, -0.25) is 0 Å². The summed E-state index contributed by atoms with van der Waals surface area (Å²) in [6.07, 6.45) is -11.4. The number of benzene rings is 1. The number of aromatic nitrogens is 2. The third-order valence-corrected chi connectivity index (χ3v) is 5.14. The van der Waals surface area contributed by atoms with Crippen LogP contribution in [0, 0.1) is 0 Å².